The Morgan fingerprint density at radius 3 is 2.31 bits per heavy atom. The van der Waals surface area contributed by atoms with Gasteiger partial charge in [-0.25, -0.2) is 9.97 Å². The van der Waals surface area contributed by atoms with Gasteiger partial charge in [0.1, 0.15) is 11.5 Å². The lowest BCUT2D eigenvalue weighted by Crippen LogP contribution is -2.32. The summed E-state index contributed by atoms with van der Waals surface area (Å²) in [5, 5.41) is 2.62. The van der Waals surface area contributed by atoms with Gasteiger partial charge in [-0.05, 0) is 25.0 Å². The first-order chi connectivity index (χ1) is 12.4. The Labute approximate surface area is 149 Å². The van der Waals surface area contributed by atoms with Gasteiger partial charge in [-0.1, -0.05) is 25.0 Å². The fourth-order valence-corrected chi connectivity index (χ4v) is 2.92. The number of para-hydroxylation sites is 1. The molecule has 1 aromatic heterocycles. The molecule has 1 N–H and O–H groups in total. The predicted octanol–water partition coefficient (Wildman–Crippen LogP) is 4.26. The summed E-state index contributed by atoms with van der Waals surface area (Å²) < 4.78 is 39.1. The Bertz CT molecular complexity index is 754. The minimum Gasteiger partial charge on any atom is -0.338 e. The molecule has 1 amide bonds. The second-order valence-corrected chi connectivity index (χ2v) is 6.16. The third-order valence-corrected chi connectivity index (χ3v) is 4.26. The highest BCUT2D eigenvalue weighted by Crippen LogP contribution is 2.35. The van der Waals surface area contributed by atoms with Crippen LogP contribution in [0.2, 0.25) is 0 Å². The highest BCUT2D eigenvalue weighted by Gasteiger charge is 2.33. The summed E-state index contributed by atoms with van der Waals surface area (Å²) in [6.07, 6.45) is 2.25. The number of aromatic nitrogens is 2. The van der Waals surface area contributed by atoms with E-state index in [0.29, 0.717) is 13.1 Å². The Morgan fingerprint density at radius 1 is 1.00 bits per heavy atom. The average molecular weight is 364 g/mol. The first kappa shape index (κ1) is 18.2. The number of hydrogen-bond acceptors (Lipinski definition) is 4. The molecule has 0 saturated carbocycles. The van der Waals surface area contributed by atoms with Crippen molar-refractivity contribution < 1.29 is 18.0 Å². The topological polar surface area (TPSA) is 58.1 Å². The number of anilines is 2. The van der Waals surface area contributed by atoms with Crippen LogP contribution in [0, 0.1) is 0 Å². The molecule has 3 rings (SSSR count). The molecule has 0 unspecified atom stereocenters. The van der Waals surface area contributed by atoms with Gasteiger partial charge in [-0.2, -0.15) is 13.2 Å². The van der Waals surface area contributed by atoms with E-state index >= 15 is 0 Å². The summed E-state index contributed by atoms with van der Waals surface area (Å²) in [7, 11) is 0. The van der Waals surface area contributed by atoms with Crippen LogP contribution in [0.15, 0.2) is 36.7 Å². The van der Waals surface area contributed by atoms with Gasteiger partial charge < -0.3 is 10.2 Å². The van der Waals surface area contributed by atoms with Crippen molar-refractivity contribution in [2.75, 3.05) is 18.4 Å². The number of halogens is 3. The number of alkyl halides is 3. The van der Waals surface area contributed by atoms with Crippen molar-refractivity contribution in [1.29, 1.82) is 0 Å². The molecule has 1 aliphatic heterocycles. The van der Waals surface area contributed by atoms with E-state index in [2.05, 4.69) is 15.3 Å². The molecule has 2 heterocycles. The van der Waals surface area contributed by atoms with E-state index in [1.807, 2.05) is 0 Å². The molecule has 0 aliphatic carbocycles. The number of amides is 1. The number of carbonyl (C=O) groups is 1. The number of nitrogens with zero attached hydrogens (tertiary/aromatic N) is 3. The van der Waals surface area contributed by atoms with Crippen molar-refractivity contribution in [2.24, 2.45) is 0 Å². The zero-order valence-corrected chi connectivity index (χ0v) is 14.1. The van der Waals surface area contributed by atoms with E-state index in [1.165, 1.54) is 30.6 Å². The van der Waals surface area contributed by atoms with Gasteiger partial charge in [-0.3, -0.25) is 4.79 Å². The lowest BCUT2D eigenvalue weighted by Gasteiger charge is -2.19. The van der Waals surface area contributed by atoms with Crippen LogP contribution < -0.4 is 5.32 Å². The minimum absolute atomic E-state index is 0.110. The summed E-state index contributed by atoms with van der Waals surface area (Å²) in [4.78, 5) is 22.3. The summed E-state index contributed by atoms with van der Waals surface area (Å²) in [5.41, 5.74) is -0.700. The number of hydrogen-bond donors (Lipinski definition) is 1. The third-order valence-electron chi connectivity index (χ3n) is 4.26. The summed E-state index contributed by atoms with van der Waals surface area (Å²) >= 11 is 0. The second kappa shape index (κ2) is 7.72. The van der Waals surface area contributed by atoms with Crippen molar-refractivity contribution in [3.63, 3.8) is 0 Å². The number of benzene rings is 1. The average Bonchev–Trinajstić information content (AvgIpc) is 2.91. The van der Waals surface area contributed by atoms with Crippen LogP contribution in [-0.2, 0) is 6.18 Å². The molecule has 0 spiro atoms. The monoisotopic (exact) mass is 364 g/mol. The van der Waals surface area contributed by atoms with Gasteiger partial charge in [-0.15, -0.1) is 0 Å². The minimum atomic E-state index is -4.47. The summed E-state index contributed by atoms with van der Waals surface area (Å²) in [5.74, 6) is -0.0456. The SMILES string of the molecule is O=C(c1cnc(Nc2ccccc2C(F)(F)F)cn1)N1CCCCCC1. The maximum absolute atomic E-state index is 13.0. The van der Waals surface area contributed by atoms with Gasteiger partial charge in [0.15, 0.2) is 0 Å². The van der Waals surface area contributed by atoms with Crippen LogP contribution >= 0.6 is 0 Å². The quantitative estimate of drug-likeness (QED) is 0.884. The Morgan fingerprint density at radius 2 is 1.69 bits per heavy atom. The van der Waals surface area contributed by atoms with Crippen LogP contribution in [-0.4, -0.2) is 33.9 Å². The van der Waals surface area contributed by atoms with E-state index in [-0.39, 0.29) is 23.1 Å². The van der Waals surface area contributed by atoms with Crippen molar-refractivity contribution in [2.45, 2.75) is 31.9 Å². The molecule has 138 valence electrons. The van der Waals surface area contributed by atoms with E-state index in [1.54, 1.807) is 4.90 Å². The van der Waals surface area contributed by atoms with Gasteiger partial charge in [0.05, 0.1) is 23.6 Å². The molecular weight excluding hydrogens is 345 g/mol. The molecule has 2 aromatic rings. The highest BCUT2D eigenvalue weighted by atomic mass is 19.4. The molecule has 8 heteroatoms. The number of nitrogens with one attached hydrogen (secondary N) is 1. The normalized spacial score (nSPS) is 15.4. The molecule has 1 saturated heterocycles. The largest absolute Gasteiger partial charge is 0.418 e. The number of rotatable bonds is 3. The molecular formula is C18H19F3N4O. The molecule has 0 radical (unpaired) electrons. The zero-order chi connectivity index (χ0) is 18.6. The molecule has 0 bridgehead atoms. The van der Waals surface area contributed by atoms with E-state index in [0.717, 1.165) is 31.7 Å². The van der Waals surface area contributed by atoms with Crippen molar-refractivity contribution in [3.05, 3.63) is 47.9 Å². The smallest absolute Gasteiger partial charge is 0.338 e. The maximum atomic E-state index is 13.0. The van der Waals surface area contributed by atoms with Crippen LogP contribution in [0.4, 0.5) is 24.7 Å². The van der Waals surface area contributed by atoms with Crippen molar-refractivity contribution in [1.82, 2.24) is 14.9 Å². The first-order valence-electron chi connectivity index (χ1n) is 8.50. The van der Waals surface area contributed by atoms with Gasteiger partial charge in [0.25, 0.3) is 5.91 Å². The van der Waals surface area contributed by atoms with E-state index in [9.17, 15) is 18.0 Å². The van der Waals surface area contributed by atoms with Gasteiger partial charge in [0.2, 0.25) is 0 Å². The van der Waals surface area contributed by atoms with Crippen molar-refractivity contribution >= 4 is 17.4 Å². The maximum Gasteiger partial charge on any atom is 0.418 e. The summed E-state index contributed by atoms with van der Waals surface area (Å²) in [6, 6.07) is 5.14. The van der Waals surface area contributed by atoms with Crippen LogP contribution in [0.1, 0.15) is 41.7 Å². The Hall–Kier alpha value is -2.64. The standard InChI is InChI=1S/C18H19F3N4O/c19-18(20,21)13-7-3-4-8-14(13)24-16-12-22-15(11-23-16)17(26)25-9-5-1-2-6-10-25/h3-4,7-8,11-12H,1-2,5-6,9-10H2,(H,23,24). The third kappa shape index (κ3) is 4.30. The lowest BCUT2D eigenvalue weighted by atomic mass is 10.1. The fourth-order valence-electron chi connectivity index (χ4n) is 2.92. The molecule has 5 nitrogen and oxygen atoms in total. The van der Waals surface area contributed by atoms with Crippen LogP contribution in [0.25, 0.3) is 0 Å². The second-order valence-electron chi connectivity index (χ2n) is 6.16. The number of likely N-dealkylation sites (tertiary alicyclic amines) is 1. The molecule has 26 heavy (non-hydrogen) atoms. The molecule has 1 fully saturated rings. The van der Waals surface area contributed by atoms with Crippen molar-refractivity contribution in [3.8, 4) is 0 Å². The Kier molecular flexibility index (Phi) is 5.39. The van der Waals surface area contributed by atoms with E-state index in [4.69, 9.17) is 0 Å². The molecule has 0 atom stereocenters. The summed E-state index contributed by atoms with van der Waals surface area (Å²) in [6.45, 7) is 1.39. The van der Waals surface area contributed by atoms with Crippen LogP contribution in [0.3, 0.4) is 0 Å². The van der Waals surface area contributed by atoms with Gasteiger partial charge >= 0.3 is 6.18 Å². The van der Waals surface area contributed by atoms with Gasteiger partial charge in [0, 0.05) is 13.1 Å². The van der Waals surface area contributed by atoms with E-state index < -0.39 is 11.7 Å². The lowest BCUT2D eigenvalue weighted by molar-refractivity contribution is -0.136. The zero-order valence-electron chi connectivity index (χ0n) is 14.1. The number of carbonyl (C=O) groups excluding carboxylic acids is 1. The predicted molar refractivity (Wildman–Crippen MR) is 91.1 cm³/mol. The molecule has 1 aromatic carbocycles. The Balaban J connectivity index is 1.73. The van der Waals surface area contributed by atoms with Crippen LogP contribution in [0.5, 0.6) is 0 Å². The molecule has 1 aliphatic rings. The fraction of sp³-hybridized carbons (Fsp3) is 0.389. The first-order valence-corrected chi connectivity index (χ1v) is 8.50. The highest BCUT2D eigenvalue weighted by molar-refractivity contribution is 5.92.